The number of rotatable bonds is 3. The fraction of sp³-hybridized carbons (Fsp3) is 1.00. The summed E-state index contributed by atoms with van der Waals surface area (Å²) in [7, 11) is 0. The van der Waals surface area contributed by atoms with E-state index in [0.29, 0.717) is 0 Å². The Morgan fingerprint density at radius 3 is 2.25 bits per heavy atom. The Bertz CT molecular complexity index is 46.7. The van der Waals surface area contributed by atoms with Crippen molar-refractivity contribution in [1.82, 2.24) is 0 Å². The summed E-state index contributed by atoms with van der Waals surface area (Å²) in [5.74, 6) is 0.866. The van der Waals surface area contributed by atoms with Crippen molar-refractivity contribution in [3.63, 3.8) is 0 Å². The zero-order valence-electron chi connectivity index (χ0n) is 7.78. The average molecular weight is 191 g/mol. The van der Waals surface area contributed by atoms with Gasteiger partial charge >= 0.3 is 23.1 Å². The van der Waals surface area contributed by atoms with Gasteiger partial charge in [-0.3, -0.25) is 0 Å². The van der Waals surface area contributed by atoms with Crippen LogP contribution in [-0.2, 0) is 0 Å². The summed E-state index contributed by atoms with van der Waals surface area (Å²) in [5, 5.41) is 1.15. The molecule has 0 rings (SSSR count). The van der Waals surface area contributed by atoms with E-state index < -0.39 is 0 Å². The van der Waals surface area contributed by atoms with Gasteiger partial charge in [-0.2, -0.15) is 0 Å². The van der Waals surface area contributed by atoms with Crippen LogP contribution < -0.4 is 0 Å². The molecule has 0 bridgehead atoms. The summed E-state index contributed by atoms with van der Waals surface area (Å²) < 4.78 is 0. The van der Waals surface area contributed by atoms with Crippen LogP contribution in [0.25, 0.3) is 0 Å². The van der Waals surface area contributed by atoms with E-state index >= 15 is 0 Å². The van der Waals surface area contributed by atoms with Gasteiger partial charge in [0.15, 0.2) is 0 Å². The summed E-state index contributed by atoms with van der Waals surface area (Å²) in [5.41, 5.74) is 0. The maximum Gasteiger partial charge on any atom is 2.00 e. The molecule has 0 heterocycles. The van der Waals surface area contributed by atoms with Crippen LogP contribution in [0.15, 0.2) is 0 Å². The van der Waals surface area contributed by atoms with Crippen molar-refractivity contribution in [3.05, 3.63) is 0 Å². The van der Waals surface area contributed by atoms with Crippen molar-refractivity contribution in [2.24, 2.45) is 5.92 Å². The molecule has 0 saturated heterocycles. The SMILES string of the molecule is CCCC(C)CBr.[H-].[H-].[Mg+2]. The predicted octanol–water partition coefficient (Wildman–Crippen LogP) is 2.66. The minimum Gasteiger partial charge on any atom is -1.00 e. The van der Waals surface area contributed by atoms with Gasteiger partial charge in [-0.15, -0.1) is 0 Å². The van der Waals surface area contributed by atoms with Crippen LogP contribution in [0.1, 0.15) is 29.5 Å². The maximum absolute atomic E-state index is 3.42. The molecule has 48 valence electrons. The molecule has 0 aliphatic carbocycles. The molecule has 1 atom stereocenters. The molecule has 1 unspecified atom stereocenters. The summed E-state index contributed by atoms with van der Waals surface area (Å²) in [6.45, 7) is 4.48. The molecule has 0 fully saturated rings. The summed E-state index contributed by atoms with van der Waals surface area (Å²) in [6, 6.07) is 0. The maximum atomic E-state index is 3.42. The van der Waals surface area contributed by atoms with E-state index in [1.165, 1.54) is 12.8 Å². The van der Waals surface area contributed by atoms with Crippen molar-refractivity contribution in [3.8, 4) is 0 Å². The van der Waals surface area contributed by atoms with Gasteiger partial charge in [-0.25, -0.2) is 0 Å². The summed E-state index contributed by atoms with van der Waals surface area (Å²) >= 11 is 3.42. The molecular formula is C6H15BrMg. The molecule has 0 aromatic heterocycles. The standard InChI is InChI=1S/C6H13Br.Mg.2H/c1-3-4-6(2)5-7;;;/h6H,3-5H2,1-2H3;;;/q;+2;2*-1. The van der Waals surface area contributed by atoms with Crippen LogP contribution in [0.5, 0.6) is 0 Å². The number of halogens is 1. The fourth-order valence-electron chi connectivity index (χ4n) is 0.570. The fourth-order valence-corrected chi connectivity index (χ4v) is 0.894. The monoisotopic (exact) mass is 190 g/mol. The van der Waals surface area contributed by atoms with Crippen molar-refractivity contribution < 1.29 is 2.85 Å². The third kappa shape index (κ3) is 7.25. The molecule has 0 aliphatic heterocycles. The molecule has 0 aromatic rings. The first kappa shape index (κ1) is 12.0. The molecule has 0 amide bonds. The Kier molecular flexibility index (Phi) is 12.3. The Balaban J connectivity index is -0.0000000600. The average Bonchev–Trinajstić information content (AvgIpc) is 1.68. The van der Waals surface area contributed by atoms with Crippen molar-refractivity contribution in [1.29, 1.82) is 0 Å². The Morgan fingerprint density at radius 2 is 2.12 bits per heavy atom. The van der Waals surface area contributed by atoms with E-state index in [-0.39, 0.29) is 25.9 Å². The van der Waals surface area contributed by atoms with Crippen LogP contribution in [0.3, 0.4) is 0 Å². The van der Waals surface area contributed by atoms with Crippen molar-refractivity contribution in [2.45, 2.75) is 26.7 Å². The summed E-state index contributed by atoms with van der Waals surface area (Å²) in [6.07, 6.45) is 2.66. The Hall–Kier alpha value is 1.25. The predicted molar refractivity (Wildman–Crippen MR) is 45.8 cm³/mol. The molecule has 0 radical (unpaired) electrons. The van der Waals surface area contributed by atoms with Gasteiger partial charge < -0.3 is 2.85 Å². The first-order valence-corrected chi connectivity index (χ1v) is 3.99. The molecule has 0 aliphatic rings. The van der Waals surface area contributed by atoms with Gasteiger partial charge in [0, 0.05) is 5.33 Å². The van der Waals surface area contributed by atoms with E-state index in [1.807, 2.05) is 0 Å². The van der Waals surface area contributed by atoms with Crippen molar-refractivity contribution >= 4 is 39.0 Å². The third-order valence-electron chi connectivity index (χ3n) is 1.04. The van der Waals surface area contributed by atoms with Gasteiger partial charge in [-0.05, 0) is 5.92 Å². The smallest absolute Gasteiger partial charge is 1.00 e. The van der Waals surface area contributed by atoms with Crippen LogP contribution >= 0.6 is 15.9 Å². The van der Waals surface area contributed by atoms with E-state index in [2.05, 4.69) is 29.8 Å². The van der Waals surface area contributed by atoms with E-state index in [4.69, 9.17) is 0 Å². The summed E-state index contributed by atoms with van der Waals surface area (Å²) in [4.78, 5) is 0. The topological polar surface area (TPSA) is 0 Å². The molecule has 0 spiro atoms. The van der Waals surface area contributed by atoms with E-state index in [9.17, 15) is 0 Å². The van der Waals surface area contributed by atoms with Crippen LogP contribution in [0.4, 0.5) is 0 Å². The minimum atomic E-state index is 0. The Morgan fingerprint density at radius 1 is 1.62 bits per heavy atom. The minimum absolute atomic E-state index is 0. The van der Waals surface area contributed by atoms with Crippen LogP contribution in [-0.4, -0.2) is 28.4 Å². The number of alkyl halides is 1. The zero-order chi connectivity index (χ0) is 5.70. The van der Waals surface area contributed by atoms with E-state index in [1.54, 1.807) is 0 Å². The molecule has 0 aromatic carbocycles. The molecular weight excluding hydrogens is 176 g/mol. The zero-order valence-corrected chi connectivity index (χ0v) is 8.78. The van der Waals surface area contributed by atoms with Gasteiger partial charge in [0.1, 0.15) is 0 Å². The number of hydrogen-bond acceptors (Lipinski definition) is 0. The largest absolute Gasteiger partial charge is 2.00 e. The van der Waals surface area contributed by atoms with Gasteiger partial charge in [-0.1, -0.05) is 42.6 Å². The second-order valence-electron chi connectivity index (χ2n) is 2.05. The molecule has 0 nitrogen and oxygen atoms in total. The molecule has 2 heteroatoms. The first-order valence-electron chi connectivity index (χ1n) is 2.87. The van der Waals surface area contributed by atoms with Gasteiger partial charge in [0.2, 0.25) is 0 Å². The first-order chi connectivity index (χ1) is 3.31. The quantitative estimate of drug-likeness (QED) is 0.475. The van der Waals surface area contributed by atoms with Gasteiger partial charge in [0.05, 0.1) is 0 Å². The molecule has 0 N–H and O–H groups in total. The molecule has 8 heavy (non-hydrogen) atoms. The third-order valence-corrected chi connectivity index (χ3v) is 2.15. The normalized spacial score (nSPS) is 12.4. The van der Waals surface area contributed by atoms with Crippen LogP contribution in [0, 0.1) is 5.92 Å². The molecule has 0 saturated carbocycles. The second kappa shape index (κ2) is 8.25. The second-order valence-corrected chi connectivity index (χ2v) is 2.70. The van der Waals surface area contributed by atoms with Crippen molar-refractivity contribution in [2.75, 3.05) is 5.33 Å². The number of hydrogen-bond donors (Lipinski definition) is 0. The van der Waals surface area contributed by atoms with E-state index in [0.717, 1.165) is 11.2 Å². The van der Waals surface area contributed by atoms with Gasteiger partial charge in [0.25, 0.3) is 0 Å². The van der Waals surface area contributed by atoms with Crippen LogP contribution in [0.2, 0.25) is 0 Å². The Labute approximate surface area is 79.7 Å².